The second-order valence-corrected chi connectivity index (χ2v) is 7.88. The fourth-order valence-electron chi connectivity index (χ4n) is 3.71. The van der Waals surface area contributed by atoms with E-state index in [4.69, 9.17) is 9.47 Å². The zero-order valence-corrected chi connectivity index (χ0v) is 16.4. The highest BCUT2D eigenvalue weighted by Gasteiger charge is 2.29. The molecule has 3 amide bonds. The first kappa shape index (κ1) is 19.5. The van der Waals surface area contributed by atoms with Gasteiger partial charge < -0.3 is 25.0 Å². The number of carbonyl (C=O) groups excluding carboxylic acids is 3. The summed E-state index contributed by atoms with van der Waals surface area (Å²) in [5.74, 6) is 1.60. The van der Waals surface area contributed by atoms with E-state index in [9.17, 15) is 14.4 Å². The van der Waals surface area contributed by atoms with Gasteiger partial charge in [-0.15, -0.1) is 0 Å². The second-order valence-electron chi connectivity index (χ2n) is 7.88. The summed E-state index contributed by atoms with van der Waals surface area (Å²) in [5, 5.41) is 5.82. The molecule has 29 heavy (non-hydrogen) atoms. The van der Waals surface area contributed by atoms with E-state index >= 15 is 0 Å². The highest BCUT2D eigenvalue weighted by molar-refractivity contribution is 5.93. The zero-order valence-electron chi connectivity index (χ0n) is 16.4. The molecule has 0 aromatic heterocycles. The van der Waals surface area contributed by atoms with Gasteiger partial charge in [-0.05, 0) is 44.2 Å². The smallest absolute Gasteiger partial charge is 0.231 e. The van der Waals surface area contributed by atoms with Gasteiger partial charge in [0, 0.05) is 49.6 Å². The molecule has 0 bridgehead atoms. The van der Waals surface area contributed by atoms with Crippen LogP contribution in [0.25, 0.3) is 0 Å². The first-order valence-electron chi connectivity index (χ1n) is 10.4. The van der Waals surface area contributed by atoms with Gasteiger partial charge in [-0.2, -0.15) is 0 Å². The average molecular weight is 401 g/mol. The summed E-state index contributed by atoms with van der Waals surface area (Å²) in [7, 11) is 0. The Morgan fingerprint density at radius 2 is 1.69 bits per heavy atom. The largest absolute Gasteiger partial charge is 0.454 e. The number of likely N-dealkylation sites (tertiary alicyclic amines) is 1. The van der Waals surface area contributed by atoms with Gasteiger partial charge in [-0.25, -0.2) is 0 Å². The normalized spacial score (nSPS) is 18.4. The van der Waals surface area contributed by atoms with Gasteiger partial charge in [0.2, 0.25) is 24.5 Å². The van der Waals surface area contributed by atoms with E-state index in [1.807, 2.05) is 4.90 Å². The standard InChI is InChI=1S/C21H27N3O5/c25-19(2-1-9-22-20(26)14-3-4-14)24-10-7-15(8-11-24)21(27)23-16-5-6-17-18(12-16)29-13-28-17/h5-6,12,14-15H,1-4,7-11,13H2,(H,22,26)(H,23,27). The van der Waals surface area contributed by atoms with Crippen molar-refractivity contribution in [2.45, 2.75) is 38.5 Å². The van der Waals surface area contributed by atoms with Crippen molar-refractivity contribution in [2.75, 3.05) is 31.7 Å². The van der Waals surface area contributed by atoms with Crippen LogP contribution in [0.3, 0.4) is 0 Å². The lowest BCUT2D eigenvalue weighted by atomic mass is 9.95. The molecule has 2 heterocycles. The fourth-order valence-corrected chi connectivity index (χ4v) is 3.71. The third-order valence-electron chi connectivity index (χ3n) is 5.67. The number of carbonyl (C=O) groups is 3. The topological polar surface area (TPSA) is 97.0 Å². The molecule has 8 heteroatoms. The summed E-state index contributed by atoms with van der Waals surface area (Å²) in [6.07, 6.45) is 4.37. The van der Waals surface area contributed by atoms with Gasteiger partial charge >= 0.3 is 0 Å². The summed E-state index contributed by atoms with van der Waals surface area (Å²) in [5.41, 5.74) is 0.686. The minimum atomic E-state index is -0.109. The Hall–Kier alpha value is -2.77. The van der Waals surface area contributed by atoms with Crippen LogP contribution >= 0.6 is 0 Å². The van der Waals surface area contributed by atoms with Gasteiger partial charge in [0.1, 0.15) is 0 Å². The monoisotopic (exact) mass is 401 g/mol. The molecule has 0 atom stereocenters. The summed E-state index contributed by atoms with van der Waals surface area (Å²) < 4.78 is 10.6. The molecule has 0 unspecified atom stereocenters. The minimum absolute atomic E-state index is 0.0289. The molecule has 1 aliphatic carbocycles. The summed E-state index contributed by atoms with van der Waals surface area (Å²) >= 11 is 0. The zero-order chi connectivity index (χ0) is 20.2. The highest BCUT2D eigenvalue weighted by atomic mass is 16.7. The molecular weight excluding hydrogens is 374 g/mol. The summed E-state index contributed by atoms with van der Waals surface area (Å²) in [6.45, 7) is 1.93. The van der Waals surface area contributed by atoms with E-state index in [0.717, 1.165) is 12.8 Å². The van der Waals surface area contributed by atoms with Gasteiger partial charge in [-0.3, -0.25) is 14.4 Å². The first-order valence-corrected chi connectivity index (χ1v) is 10.4. The molecule has 1 saturated heterocycles. The molecule has 3 aliphatic rings. The molecule has 8 nitrogen and oxygen atoms in total. The number of anilines is 1. The lowest BCUT2D eigenvalue weighted by Gasteiger charge is -2.31. The maximum Gasteiger partial charge on any atom is 0.231 e. The highest BCUT2D eigenvalue weighted by Crippen LogP contribution is 2.34. The van der Waals surface area contributed by atoms with Gasteiger partial charge in [0.05, 0.1) is 0 Å². The van der Waals surface area contributed by atoms with Gasteiger partial charge in [-0.1, -0.05) is 0 Å². The minimum Gasteiger partial charge on any atom is -0.454 e. The quantitative estimate of drug-likeness (QED) is 0.680. The molecule has 4 rings (SSSR count). The van der Waals surface area contributed by atoms with Crippen molar-refractivity contribution in [3.63, 3.8) is 0 Å². The maximum absolute atomic E-state index is 12.6. The van der Waals surface area contributed by atoms with E-state index in [0.29, 0.717) is 62.5 Å². The Bertz CT molecular complexity index is 785. The van der Waals surface area contributed by atoms with Crippen molar-refractivity contribution in [3.05, 3.63) is 18.2 Å². The van der Waals surface area contributed by atoms with Gasteiger partial charge in [0.15, 0.2) is 11.5 Å². The molecule has 2 aliphatic heterocycles. The number of benzene rings is 1. The van der Waals surface area contributed by atoms with Crippen LogP contribution in [0.15, 0.2) is 18.2 Å². The van der Waals surface area contributed by atoms with Crippen LogP contribution in [0.1, 0.15) is 38.5 Å². The third-order valence-corrected chi connectivity index (χ3v) is 5.67. The Morgan fingerprint density at radius 1 is 0.966 bits per heavy atom. The molecule has 1 saturated carbocycles. The van der Waals surface area contributed by atoms with Crippen molar-refractivity contribution in [1.29, 1.82) is 0 Å². The average Bonchev–Trinajstić information content (AvgIpc) is 3.49. The molecule has 156 valence electrons. The van der Waals surface area contributed by atoms with Crippen LogP contribution in [-0.4, -0.2) is 49.0 Å². The Kier molecular flexibility index (Phi) is 5.87. The van der Waals surface area contributed by atoms with Crippen molar-refractivity contribution in [2.24, 2.45) is 11.8 Å². The lowest BCUT2D eigenvalue weighted by molar-refractivity contribution is -0.134. The predicted octanol–water partition coefficient (Wildman–Crippen LogP) is 1.90. The van der Waals surface area contributed by atoms with Crippen LogP contribution < -0.4 is 20.1 Å². The van der Waals surface area contributed by atoms with E-state index in [-0.39, 0.29) is 36.4 Å². The number of ether oxygens (including phenoxy) is 2. The van der Waals surface area contributed by atoms with Crippen LogP contribution in [-0.2, 0) is 14.4 Å². The SMILES string of the molecule is O=C(NCCCC(=O)N1CCC(C(=O)Nc2ccc3c(c2)OCO3)CC1)C1CC1. The molecule has 0 spiro atoms. The van der Waals surface area contributed by atoms with E-state index in [1.54, 1.807) is 18.2 Å². The molecule has 2 N–H and O–H groups in total. The summed E-state index contributed by atoms with van der Waals surface area (Å²) in [4.78, 5) is 38.3. The van der Waals surface area contributed by atoms with Crippen molar-refractivity contribution in [3.8, 4) is 11.5 Å². The number of nitrogens with one attached hydrogen (secondary N) is 2. The molecule has 1 aromatic carbocycles. The number of amides is 3. The maximum atomic E-state index is 12.6. The molecule has 1 aromatic rings. The van der Waals surface area contributed by atoms with Crippen LogP contribution in [0.4, 0.5) is 5.69 Å². The molecule has 2 fully saturated rings. The molecular formula is C21H27N3O5. The number of piperidine rings is 1. The fraction of sp³-hybridized carbons (Fsp3) is 0.571. The van der Waals surface area contributed by atoms with E-state index < -0.39 is 0 Å². The third kappa shape index (κ3) is 4.99. The lowest BCUT2D eigenvalue weighted by Crippen LogP contribution is -2.41. The van der Waals surface area contributed by atoms with Crippen molar-refractivity contribution in [1.82, 2.24) is 10.2 Å². The van der Waals surface area contributed by atoms with Crippen LogP contribution in [0.5, 0.6) is 11.5 Å². The number of hydrogen-bond donors (Lipinski definition) is 2. The molecule has 0 radical (unpaired) electrons. The number of rotatable bonds is 7. The summed E-state index contributed by atoms with van der Waals surface area (Å²) in [6, 6.07) is 5.35. The van der Waals surface area contributed by atoms with Crippen molar-refractivity contribution >= 4 is 23.4 Å². The van der Waals surface area contributed by atoms with Crippen LogP contribution in [0, 0.1) is 11.8 Å². The number of hydrogen-bond acceptors (Lipinski definition) is 5. The number of fused-ring (bicyclic) bond motifs is 1. The van der Waals surface area contributed by atoms with E-state index in [1.165, 1.54) is 0 Å². The first-order chi connectivity index (χ1) is 14.1. The second kappa shape index (κ2) is 8.71. The predicted molar refractivity (Wildman–Crippen MR) is 105 cm³/mol. The van der Waals surface area contributed by atoms with E-state index in [2.05, 4.69) is 10.6 Å². The van der Waals surface area contributed by atoms with Crippen molar-refractivity contribution < 1.29 is 23.9 Å². The Balaban J connectivity index is 1.16. The van der Waals surface area contributed by atoms with Gasteiger partial charge in [0.25, 0.3) is 0 Å². The Labute approximate surface area is 169 Å². The van der Waals surface area contributed by atoms with Crippen LogP contribution in [0.2, 0.25) is 0 Å². The number of nitrogens with zero attached hydrogens (tertiary/aromatic N) is 1. The Morgan fingerprint density at radius 3 is 2.45 bits per heavy atom.